The summed E-state index contributed by atoms with van der Waals surface area (Å²) in [5.41, 5.74) is 0. The van der Waals surface area contributed by atoms with E-state index in [2.05, 4.69) is 6.58 Å². The van der Waals surface area contributed by atoms with Gasteiger partial charge in [-0.3, -0.25) is 9.35 Å². The van der Waals surface area contributed by atoms with E-state index >= 15 is 0 Å². The summed E-state index contributed by atoms with van der Waals surface area (Å²) in [5, 5.41) is 0. The minimum atomic E-state index is -4.39. The number of allylic oxidation sites excluding steroid dienone is 1. The average Bonchev–Trinajstić information content (AvgIpc) is 2.19. The van der Waals surface area contributed by atoms with Crippen LogP contribution in [0.15, 0.2) is 12.7 Å². The fourth-order valence-electron chi connectivity index (χ4n) is 1.48. The molecule has 0 aromatic heterocycles. The van der Waals surface area contributed by atoms with E-state index < -0.39 is 16.2 Å². The molecule has 0 heterocycles. The van der Waals surface area contributed by atoms with Crippen LogP contribution in [0.3, 0.4) is 0 Å². The van der Waals surface area contributed by atoms with Crippen LogP contribution in [0.25, 0.3) is 0 Å². The number of carbonyl (C=O) groups excluding carboxylic acids is 1. The molecule has 6 heteroatoms. The Morgan fingerprint density at radius 1 is 1.12 bits per heavy atom. The lowest BCUT2D eigenvalue weighted by Crippen LogP contribution is -2.29. The number of rotatable bonds is 10. The zero-order valence-electron chi connectivity index (χ0n) is 10.0. The molecule has 0 bridgehead atoms. The molecule has 5 nitrogen and oxygen atoms in total. The lowest BCUT2D eigenvalue weighted by molar-refractivity contribution is -0.119. The highest BCUT2D eigenvalue weighted by atomic mass is 32.2. The molecule has 100 valence electrons. The topological polar surface area (TPSA) is 83.5 Å². The number of amides is 1. The molecule has 0 fully saturated rings. The van der Waals surface area contributed by atoms with Crippen LogP contribution in [-0.4, -0.2) is 18.9 Å². The van der Waals surface area contributed by atoms with Gasteiger partial charge in [0, 0.05) is 6.42 Å². The SMILES string of the molecule is C=CCCCCCCCCC(=O)NS(=O)(=O)O. The van der Waals surface area contributed by atoms with Crippen molar-refractivity contribution in [1.82, 2.24) is 4.72 Å². The maximum atomic E-state index is 11.0. The molecule has 0 aliphatic rings. The standard InChI is InChI=1S/C11H21NO4S/c1-2-3-4-5-6-7-8-9-10-11(13)12-17(14,15)16/h2H,1,3-10H2,(H,12,13)(H,14,15,16). The zero-order chi connectivity index (χ0) is 13.1. The Morgan fingerprint density at radius 3 is 2.18 bits per heavy atom. The quantitative estimate of drug-likeness (QED) is 0.359. The van der Waals surface area contributed by atoms with Gasteiger partial charge in [-0.2, -0.15) is 8.42 Å². The lowest BCUT2D eigenvalue weighted by atomic mass is 10.1. The van der Waals surface area contributed by atoms with Crippen LogP contribution in [0.5, 0.6) is 0 Å². The Hall–Kier alpha value is -0.880. The molecule has 17 heavy (non-hydrogen) atoms. The minimum absolute atomic E-state index is 0.131. The van der Waals surface area contributed by atoms with Crippen molar-refractivity contribution in [3.8, 4) is 0 Å². The summed E-state index contributed by atoms with van der Waals surface area (Å²) in [6, 6.07) is 0. The molecule has 0 aliphatic heterocycles. The first-order chi connectivity index (χ1) is 7.95. The van der Waals surface area contributed by atoms with E-state index in [-0.39, 0.29) is 6.42 Å². The van der Waals surface area contributed by atoms with Crippen LogP contribution in [0.4, 0.5) is 0 Å². The molecule has 0 radical (unpaired) electrons. The highest BCUT2D eigenvalue weighted by Gasteiger charge is 2.08. The molecule has 0 spiro atoms. The Labute approximate surface area is 103 Å². The molecule has 0 aliphatic carbocycles. The summed E-state index contributed by atoms with van der Waals surface area (Å²) in [6.07, 6.45) is 9.07. The highest BCUT2D eigenvalue weighted by Crippen LogP contribution is 2.08. The fraction of sp³-hybridized carbons (Fsp3) is 0.727. The van der Waals surface area contributed by atoms with Crippen molar-refractivity contribution in [1.29, 1.82) is 0 Å². The van der Waals surface area contributed by atoms with Gasteiger partial charge in [-0.05, 0) is 19.3 Å². The Bertz CT molecular complexity index is 324. The Morgan fingerprint density at radius 2 is 1.65 bits per heavy atom. The number of hydrogen-bond donors (Lipinski definition) is 2. The van der Waals surface area contributed by atoms with E-state index in [1.54, 1.807) is 0 Å². The second kappa shape index (κ2) is 9.18. The van der Waals surface area contributed by atoms with Crippen molar-refractivity contribution in [2.24, 2.45) is 0 Å². The fourth-order valence-corrected chi connectivity index (χ4v) is 1.87. The van der Waals surface area contributed by atoms with E-state index in [0.717, 1.165) is 38.5 Å². The average molecular weight is 263 g/mol. The summed E-state index contributed by atoms with van der Waals surface area (Å²) < 4.78 is 30.4. The molecule has 2 N–H and O–H groups in total. The van der Waals surface area contributed by atoms with Gasteiger partial charge in [0.1, 0.15) is 0 Å². The third kappa shape index (κ3) is 13.1. The van der Waals surface area contributed by atoms with Gasteiger partial charge in [0.15, 0.2) is 0 Å². The first-order valence-electron chi connectivity index (χ1n) is 5.84. The van der Waals surface area contributed by atoms with Crippen LogP contribution >= 0.6 is 0 Å². The van der Waals surface area contributed by atoms with Crippen molar-refractivity contribution in [3.05, 3.63) is 12.7 Å². The van der Waals surface area contributed by atoms with Gasteiger partial charge in [0.05, 0.1) is 0 Å². The summed E-state index contributed by atoms with van der Waals surface area (Å²) >= 11 is 0. The molecule has 0 saturated heterocycles. The van der Waals surface area contributed by atoms with Crippen molar-refractivity contribution in [2.45, 2.75) is 51.4 Å². The third-order valence-electron chi connectivity index (χ3n) is 2.30. The second-order valence-corrected chi connectivity index (χ2v) is 5.10. The van der Waals surface area contributed by atoms with Crippen LogP contribution in [0.1, 0.15) is 51.4 Å². The smallest absolute Gasteiger partial charge is 0.274 e. The van der Waals surface area contributed by atoms with E-state index in [1.165, 1.54) is 4.72 Å². The minimum Gasteiger partial charge on any atom is -0.274 e. The van der Waals surface area contributed by atoms with Crippen molar-refractivity contribution in [2.75, 3.05) is 0 Å². The number of carbonyl (C=O) groups is 1. The van der Waals surface area contributed by atoms with Gasteiger partial charge in [0.2, 0.25) is 5.91 Å². The number of unbranched alkanes of at least 4 members (excludes halogenated alkanes) is 6. The van der Waals surface area contributed by atoms with Gasteiger partial charge >= 0.3 is 10.3 Å². The molecule has 0 saturated carbocycles. The normalized spacial score (nSPS) is 11.1. The predicted octanol–water partition coefficient (Wildman–Crippen LogP) is 2.21. The first-order valence-corrected chi connectivity index (χ1v) is 7.28. The van der Waals surface area contributed by atoms with Crippen molar-refractivity contribution in [3.63, 3.8) is 0 Å². The van der Waals surface area contributed by atoms with Crippen molar-refractivity contribution < 1.29 is 17.8 Å². The van der Waals surface area contributed by atoms with Gasteiger partial charge < -0.3 is 0 Å². The van der Waals surface area contributed by atoms with Crippen LogP contribution in [0.2, 0.25) is 0 Å². The molecule has 0 unspecified atom stereocenters. The summed E-state index contributed by atoms with van der Waals surface area (Å²) in [5.74, 6) is -0.654. The predicted molar refractivity (Wildman–Crippen MR) is 66.8 cm³/mol. The first kappa shape index (κ1) is 16.1. The molecule has 0 aromatic carbocycles. The van der Waals surface area contributed by atoms with Gasteiger partial charge in [-0.1, -0.05) is 31.8 Å². The Kier molecular flexibility index (Phi) is 8.71. The lowest BCUT2D eigenvalue weighted by Gasteiger charge is -2.02. The molecule has 1 amide bonds. The van der Waals surface area contributed by atoms with Gasteiger partial charge in [0.25, 0.3) is 0 Å². The second-order valence-electron chi connectivity index (χ2n) is 3.95. The molecular formula is C11H21NO4S. The van der Waals surface area contributed by atoms with Gasteiger partial charge in [-0.15, -0.1) is 6.58 Å². The van der Waals surface area contributed by atoms with Crippen LogP contribution < -0.4 is 4.72 Å². The molecule has 0 aromatic rings. The molecule has 0 rings (SSSR count). The monoisotopic (exact) mass is 263 g/mol. The van der Waals surface area contributed by atoms with Crippen LogP contribution in [0, 0.1) is 0 Å². The van der Waals surface area contributed by atoms with Crippen molar-refractivity contribution >= 4 is 16.2 Å². The maximum absolute atomic E-state index is 11.0. The number of nitrogens with one attached hydrogen (secondary N) is 1. The van der Waals surface area contributed by atoms with Gasteiger partial charge in [-0.25, -0.2) is 4.72 Å². The maximum Gasteiger partial charge on any atom is 0.359 e. The van der Waals surface area contributed by atoms with Crippen LogP contribution in [-0.2, 0) is 15.1 Å². The molecular weight excluding hydrogens is 242 g/mol. The van der Waals surface area contributed by atoms with E-state index in [0.29, 0.717) is 6.42 Å². The van der Waals surface area contributed by atoms with E-state index in [1.807, 2.05) is 6.08 Å². The summed E-state index contributed by atoms with van der Waals surface area (Å²) in [6.45, 7) is 3.64. The Balaban J connectivity index is 3.34. The number of hydrogen-bond acceptors (Lipinski definition) is 3. The molecule has 0 atom stereocenters. The highest BCUT2D eigenvalue weighted by molar-refractivity contribution is 7.84. The summed E-state index contributed by atoms with van der Waals surface area (Å²) in [7, 11) is -4.39. The van der Waals surface area contributed by atoms with E-state index in [4.69, 9.17) is 4.55 Å². The summed E-state index contributed by atoms with van der Waals surface area (Å²) in [4.78, 5) is 11.0. The largest absolute Gasteiger partial charge is 0.359 e. The van der Waals surface area contributed by atoms with E-state index in [9.17, 15) is 13.2 Å². The zero-order valence-corrected chi connectivity index (χ0v) is 10.8. The third-order valence-corrected chi connectivity index (χ3v) is 2.79.